The summed E-state index contributed by atoms with van der Waals surface area (Å²) in [6.45, 7) is 0. The summed E-state index contributed by atoms with van der Waals surface area (Å²) in [6, 6.07) is 7.91. The smallest absolute Gasteiger partial charge is 0.116 e. The predicted octanol–water partition coefficient (Wildman–Crippen LogP) is 0.981. The molecule has 0 atom stereocenters. The molecule has 3 heteroatoms. The summed E-state index contributed by atoms with van der Waals surface area (Å²) >= 11 is 0. The molecule has 0 saturated heterocycles. The number of hydrogen-bond donors (Lipinski definition) is 0. The summed E-state index contributed by atoms with van der Waals surface area (Å²) < 4.78 is 0. The Kier molecular flexibility index (Phi) is 3.00. The Morgan fingerprint density at radius 3 is 2.73 bits per heavy atom. The van der Waals surface area contributed by atoms with Crippen LogP contribution in [0, 0.1) is 0 Å². The summed E-state index contributed by atoms with van der Waals surface area (Å²) in [7, 11) is 0. The summed E-state index contributed by atoms with van der Waals surface area (Å²) in [5.41, 5.74) is 0.998. The average molecular weight is 154 g/mol. The van der Waals surface area contributed by atoms with Gasteiger partial charge in [-0.25, -0.2) is 9.97 Å². The summed E-state index contributed by atoms with van der Waals surface area (Å²) in [5, 5.41) is 1.09. The van der Waals surface area contributed by atoms with Crippen molar-refractivity contribution in [3.63, 3.8) is 0 Å². The van der Waals surface area contributed by atoms with Crippen LogP contribution in [0.5, 0.6) is 0 Å². The normalized spacial score (nSPS) is 9.09. The van der Waals surface area contributed by atoms with Crippen molar-refractivity contribution in [2.24, 2.45) is 0 Å². The van der Waals surface area contributed by atoms with Gasteiger partial charge in [0.05, 0.1) is 5.52 Å². The first-order valence-electron chi connectivity index (χ1n) is 3.11. The van der Waals surface area contributed by atoms with E-state index in [9.17, 15) is 0 Å². The second-order valence-corrected chi connectivity index (χ2v) is 2.08. The Morgan fingerprint density at radius 1 is 1.09 bits per heavy atom. The number of para-hydroxylation sites is 1. The number of aromatic nitrogens is 2. The van der Waals surface area contributed by atoms with Gasteiger partial charge in [0.15, 0.2) is 0 Å². The molecule has 0 amide bonds. The fraction of sp³-hybridized carbons (Fsp3) is 0. The van der Waals surface area contributed by atoms with Crippen LogP contribution < -0.4 is 0 Å². The molecule has 50 valence electrons. The Labute approximate surface area is 87.0 Å². The number of fused-ring (bicyclic) bond motifs is 1. The maximum absolute atomic E-state index is 4.07. The number of nitrogens with zero attached hydrogens (tertiary/aromatic N) is 2. The van der Waals surface area contributed by atoms with Gasteiger partial charge in [-0.1, -0.05) is 18.2 Å². The maximum Gasteiger partial charge on any atom is 0.116 e. The van der Waals surface area contributed by atoms with E-state index in [1.807, 2.05) is 30.5 Å². The van der Waals surface area contributed by atoms with Crippen molar-refractivity contribution in [1.82, 2.24) is 9.97 Å². The number of rotatable bonds is 0. The van der Waals surface area contributed by atoms with Crippen LogP contribution in [0.25, 0.3) is 10.9 Å². The molecule has 1 heterocycles. The van der Waals surface area contributed by atoms with Gasteiger partial charge < -0.3 is 0 Å². The molecule has 11 heavy (non-hydrogen) atoms. The first-order chi connectivity index (χ1) is 4.97. The fourth-order valence-electron chi connectivity index (χ4n) is 0.923. The molecular weight excluding hydrogens is 147 g/mol. The number of hydrogen-bond acceptors (Lipinski definition) is 2. The third kappa shape index (κ3) is 1.77. The summed E-state index contributed by atoms with van der Waals surface area (Å²) in [4.78, 5) is 7.97. The molecule has 0 radical (unpaired) electrons. The van der Waals surface area contributed by atoms with E-state index in [4.69, 9.17) is 0 Å². The van der Waals surface area contributed by atoms with Crippen LogP contribution in [0.2, 0.25) is 0 Å². The van der Waals surface area contributed by atoms with E-state index in [2.05, 4.69) is 9.97 Å². The van der Waals surface area contributed by atoms with E-state index in [1.165, 1.54) is 0 Å². The van der Waals surface area contributed by atoms with Crippen molar-refractivity contribution in [3.8, 4) is 0 Å². The molecule has 0 spiro atoms. The van der Waals surface area contributed by atoms with Crippen molar-refractivity contribution >= 4 is 40.5 Å². The molecular formula is C8H7N2Na. The zero-order valence-electron chi connectivity index (χ0n) is 5.36. The van der Waals surface area contributed by atoms with Gasteiger partial charge in [0.1, 0.15) is 6.33 Å². The quantitative estimate of drug-likeness (QED) is 0.528. The van der Waals surface area contributed by atoms with Gasteiger partial charge in [-0.2, -0.15) is 0 Å². The van der Waals surface area contributed by atoms with Crippen LogP contribution in [0.3, 0.4) is 0 Å². The molecule has 0 N–H and O–H groups in total. The van der Waals surface area contributed by atoms with Crippen molar-refractivity contribution in [3.05, 3.63) is 36.8 Å². The molecule has 0 aliphatic carbocycles. The van der Waals surface area contributed by atoms with Crippen molar-refractivity contribution in [1.29, 1.82) is 0 Å². The fourth-order valence-corrected chi connectivity index (χ4v) is 0.923. The van der Waals surface area contributed by atoms with Crippen LogP contribution in [-0.2, 0) is 0 Å². The largest absolute Gasteiger partial charge is 0.244 e. The Morgan fingerprint density at radius 2 is 1.91 bits per heavy atom. The standard InChI is InChI=1S/C8H6N2.Na.H/c1-2-4-8-7(3-1)5-9-6-10-8;;/h1-6H;;. The van der Waals surface area contributed by atoms with E-state index in [0.717, 1.165) is 10.9 Å². The monoisotopic (exact) mass is 154 g/mol. The van der Waals surface area contributed by atoms with E-state index in [1.54, 1.807) is 6.33 Å². The van der Waals surface area contributed by atoms with E-state index >= 15 is 0 Å². The molecule has 2 aromatic rings. The zero-order chi connectivity index (χ0) is 6.81. The minimum atomic E-state index is 0. The SMILES string of the molecule is [NaH].c1ccc2ncncc2c1. The molecule has 0 saturated carbocycles. The molecule has 2 rings (SSSR count). The molecule has 1 aromatic carbocycles. The molecule has 0 unspecified atom stereocenters. The van der Waals surface area contributed by atoms with Crippen LogP contribution in [0.4, 0.5) is 0 Å². The van der Waals surface area contributed by atoms with E-state index in [0.29, 0.717) is 0 Å². The number of benzene rings is 1. The molecule has 2 nitrogen and oxygen atoms in total. The minimum Gasteiger partial charge on any atom is -0.244 e. The van der Waals surface area contributed by atoms with Gasteiger partial charge in [0.25, 0.3) is 0 Å². The maximum atomic E-state index is 4.07. The van der Waals surface area contributed by atoms with Crippen molar-refractivity contribution in [2.75, 3.05) is 0 Å². The molecule has 1 aromatic heterocycles. The van der Waals surface area contributed by atoms with E-state index in [-0.39, 0.29) is 29.6 Å². The summed E-state index contributed by atoms with van der Waals surface area (Å²) in [5.74, 6) is 0. The predicted molar refractivity (Wildman–Crippen MR) is 46.7 cm³/mol. The van der Waals surface area contributed by atoms with Gasteiger partial charge in [-0.05, 0) is 6.07 Å². The van der Waals surface area contributed by atoms with Crippen molar-refractivity contribution < 1.29 is 0 Å². The molecule has 0 bridgehead atoms. The summed E-state index contributed by atoms with van der Waals surface area (Å²) in [6.07, 6.45) is 3.37. The molecule has 0 aliphatic rings. The second-order valence-electron chi connectivity index (χ2n) is 2.08. The van der Waals surface area contributed by atoms with Gasteiger partial charge in [-0.3, -0.25) is 0 Å². The van der Waals surface area contributed by atoms with Crippen LogP contribution in [0.15, 0.2) is 36.8 Å². The Balaban J connectivity index is 0.000000605. The van der Waals surface area contributed by atoms with Gasteiger partial charge in [-0.15, -0.1) is 0 Å². The van der Waals surface area contributed by atoms with E-state index < -0.39 is 0 Å². The topological polar surface area (TPSA) is 25.8 Å². The first-order valence-corrected chi connectivity index (χ1v) is 3.11. The first kappa shape index (κ1) is 8.65. The molecule has 0 fully saturated rings. The van der Waals surface area contributed by atoms with Gasteiger partial charge in [0, 0.05) is 11.6 Å². The molecule has 0 aliphatic heterocycles. The second kappa shape index (κ2) is 3.81. The Bertz CT molecular complexity index is 283. The van der Waals surface area contributed by atoms with Crippen LogP contribution in [-0.4, -0.2) is 39.5 Å². The van der Waals surface area contributed by atoms with Gasteiger partial charge >= 0.3 is 29.6 Å². The van der Waals surface area contributed by atoms with Crippen LogP contribution >= 0.6 is 0 Å². The zero-order valence-corrected chi connectivity index (χ0v) is 5.36. The average Bonchev–Trinajstić information content (AvgIpc) is 2.05. The third-order valence-electron chi connectivity index (χ3n) is 1.41. The van der Waals surface area contributed by atoms with Crippen molar-refractivity contribution in [2.45, 2.75) is 0 Å². The Hall–Kier alpha value is -0.440. The minimum absolute atomic E-state index is 0. The third-order valence-corrected chi connectivity index (χ3v) is 1.41. The van der Waals surface area contributed by atoms with Crippen LogP contribution in [0.1, 0.15) is 0 Å². The van der Waals surface area contributed by atoms with Gasteiger partial charge in [0.2, 0.25) is 0 Å².